The van der Waals surface area contributed by atoms with Crippen molar-refractivity contribution in [1.82, 2.24) is 0 Å². The molecule has 0 saturated heterocycles. The van der Waals surface area contributed by atoms with Crippen LogP contribution >= 0.6 is 0 Å². The van der Waals surface area contributed by atoms with Gasteiger partial charge >= 0.3 is 5.97 Å². The zero-order valence-corrected chi connectivity index (χ0v) is 11.9. The predicted molar refractivity (Wildman–Crippen MR) is 74.7 cm³/mol. The molecule has 1 N–H and O–H groups in total. The van der Waals surface area contributed by atoms with Gasteiger partial charge in [-0.25, -0.2) is 4.79 Å². The number of esters is 1. The Hall–Kier alpha value is -0.990. The summed E-state index contributed by atoms with van der Waals surface area (Å²) in [6.45, 7) is 6.16. The molecule has 0 aromatic rings. The molecule has 0 bridgehead atoms. The van der Waals surface area contributed by atoms with E-state index in [-0.39, 0.29) is 16.5 Å². The van der Waals surface area contributed by atoms with Gasteiger partial charge in [-0.15, -0.1) is 0 Å². The molecule has 0 aromatic carbocycles. The number of hydrogen-bond donors (Lipinski definition) is 1. The third-order valence-corrected chi connectivity index (χ3v) is 4.74. The lowest BCUT2D eigenvalue weighted by Gasteiger charge is -2.04. The molecule has 0 atom stereocenters. The zero-order valence-electron chi connectivity index (χ0n) is 11.1. The SMILES string of the molecule is CCC[S+](/C=C(\C)C(=C=N)C(=O)OC)CCC. The topological polar surface area (TPSA) is 50.2 Å². The van der Waals surface area contributed by atoms with Gasteiger partial charge in [0.2, 0.25) is 0 Å². The van der Waals surface area contributed by atoms with Crippen molar-refractivity contribution in [1.29, 1.82) is 5.41 Å². The summed E-state index contributed by atoms with van der Waals surface area (Å²) in [6.07, 6.45) is 2.27. The number of carbonyl (C=O) groups is 1. The van der Waals surface area contributed by atoms with E-state index in [0.29, 0.717) is 0 Å². The van der Waals surface area contributed by atoms with Gasteiger partial charge in [0.25, 0.3) is 0 Å². The monoisotopic (exact) mass is 256 g/mol. The number of rotatable bonds is 7. The Labute approximate surface area is 107 Å². The van der Waals surface area contributed by atoms with Crippen LogP contribution in [0.2, 0.25) is 0 Å². The molecule has 0 aliphatic rings. The first-order valence-corrected chi connectivity index (χ1v) is 7.46. The first-order valence-electron chi connectivity index (χ1n) is 5.83. The molecule has 0 spiro atoms. The molecule has 0 heterocycles. The summed E-state index contributed by atoms with van der Waals surface area (Å²) >= 11 is 0. The quantitative estimate of drug-likeness (QED) is 0.250. The molecule has 0 aliphatic carbocycles. The van der Waals surface area contributed by atoms with Gasteiger partial charge < -0.3 is 4.74 Å². The Bertz CT molecular complexity index is 324. The lowest BCUT2D eigenvalue weighted by atomic mass is 10.1. The smallest absolute Gasteiger partial charge is 0.347 e. The van der Waals surface area contributed by atoms with E-state index in [1.807, 2.05) is 6.92 Å². The normalized spacial score (nSPS) is 11.2. The van der Waals surface area contributed by atoms with Crippen LogP contribution in [0.4, 0.5) is 0 Å². The number of carbonyl (C=O) groups excluding carboxylic acids is 1. The average molecular weight is 256 g/mol. The maximum Gasteiger partial charge on any atom is 0.347 e. The lowest BCUT2D eigenvalue weighted by Crippen LogP contribution is -2.11. The van der Waals surface area contributed by atoms with Crippen LogP contribution in [-0.4, -0.2) is 30.5 Å². The van der Waals surface area contributed by atoms with E-state index in [1.54, 1.807) is 0 Å². The van der Waals surface area contributed by atoms with Crippen LogP contribution in [0.15, 0.2) is 16.6 Å². The Morgan fingerprint density at radius 2 is 1.88 bits per heavy atom. The van der Waals surface area contributed by atoms with Crippen molar-refractivity contribution in [3.05, 3.63) is 16.6 Å². The number of hydrogen-bond acceptors (Lipinski definition) is 3. The van der Waals surface area contributed by atoms with Crippen LogP contribution in [0.25, 0.3) is 0 Å². The third-order valence-electron chi connectivity index (χ3n) is 2.18. The van der Waals surface area contributed by atoms with Crippen molar-refractivity contribution in [3.8, 4) is 0 Å². The predicted octanol–water partition coefficient (Wildman–Crippen LogP) is 2.68. The molecule has 17 heavy (non-hydrogen) atoms. The van der Waals surface area contributed by atoms with E-state index in [4.69, 9.17) is 5.41 Å². The van der Waals surface area contributed by atoms with Crippen LogP contribution in [0.1, 0.15) is 33.6 Å². The number of methoxy groups -OCH3 is 1. The second-order valence-corrected chi connectivity index (χ2v) is 5.87. The summed E-state index contributed by atoms with van der Waals surface area (Å²) < 4.78 is 4.63. The van der Waals surface area contributed by atoms with Crippen molar-refractivity contribution in [2.24, 2.45) is 0 Å². The van der Waals surface area contributed by atoms with Crippen LogP contribution in [0.3, 0.4) is 0 Å². The van der Waals surface area contributed by atoms with E-state index in [0.717, 1.165) is 29.9 Å². The molecule has 0 radical (unpaired) electrons. The fraction of sp³-hybridized carbons (Fsp3) is 0.615. The summed E-state index contributed by atoms with van der Waals surface area (Å²) in [5, 5.41) is 9.24. The van der Waals surface area contributed by atoms with Crippen LogP contribution in [0, 0.1) is 5.41 Å². The molecular formula is C13H22NO2S+. The lowest BCUT2D eigenvalue weighted by molar-refractivity contribution is -0.135. The Morgan fingerprint density at radius 3 is 2.24 bits per heavy atom. The second kappa shape index (κ2) is 9.08. The summed E-state index contributed by atoms with van der Waals surface area (Å²) in [5.41, 5.74) is 1.04. The minimum atomic E-state index is -0.481. The number of nitrogens with one attached hydrogen (secondary N) is 1. The van der Waals surface area contributed by atoms with Crippen molar-refractivity contribution in [2.45, 2.75) is 33.6 Å². The highest BCUT2D eigenvalue weighted by Gasteiger charge is 2.18. The third kappa shape index (κ3) is 5.76. The molecule has 3 nitrogen and oxygen atoms in total. The molecular weight excluding hydrogens is 234 g/mol. The van der Waals surface area contributed by atoms with Crippen molar-refractivity contribution in [2.75, 3.05) is 18.6 Å². The summed E-state index contributed by atoms with van der Waals surface area (Å²) in [6, 6.07) is 0. The van der Waals surface area contributed by atoms with E-state index in [9.17, 15) is 4.79 Å². The standard InChI is InChI=1S/C13H22NO2S/c1-5-7-17(8-6-2)10-11(3)12(9-14)13(15)16-4/h10,14H,5-8H2,1-4H3/q+1/b11-10+. The molecule has 4 heteroatoms. The van der Waals surface area contributed by atoms with E-state index in [2.05, 4.69) is 29.9 Å². The summed E-state index contributed by atoms with van der Waals surface area (Å²) in [7, 11) is 1.51. The zero-order chi connectivity index (χ0) is 13.3. The van der Waals surface area contributed by atoms with Gasteiger partial charge in [0.15, 0.2) is 0 Å². The second-order valence-electron chi connectivity index (χ2n) is 3.74. The van der Waals surface area contributed by atoms with Crippen LogP contribution in [-0.2, 0) is 20.4 Å². The molecule has 0 unspecified atom stereocenters. The van der Waals surface area contributed by atoms with Crippen LogP contribution < -0.4 is 0 Å². The van der Waals surface area contributed by atoms with Crippen LogP contribution in [0.5, 0.6) is 0 Å². The summed E-state index contributed by atoms with van der Waals surface area (Å²) in [4.78, 5) is 11.4. The maximum atomic E-state index is 11.4. The van der Waals surface area contributed by atoms with Gasteiger partial charge in [-0.2, -0.15) is 0 Å². The number of ether oxygens (including phenoxy) is 1. The Morgan fingerprint density at radius 1 is 1.35 bits per heavy atom. The highest BCUT2D eigenvalue weighted by molar-refractivity contribution is 7.99. The van der Waals surface area contributed by atoms with E-state index in [1.165, 1.54) is 7.11 Å². The van der Waals surface area contributed by atoms with Gasteiger partial charge in [-0.3, -0.25) is 5.41 Å². The van der Waals surface area contributed by atoms with Crippen molar-refractivity contribution in [3.63, 3.8) is 0 Å². The Kier molecular flexibility index (Phi) is 8.55. The largest absolute Gasteiger partial charge is 0.465 e. The molecule has 0 saturated carbocycles. The van der Waals surface area contributed by atoms with Gasteiger partial charge in [-0.1, -0.05) is 13.8 Å². The molecule has 0 fully saturated rings. The highest BCUT2D eigenvalue weighted by atomic mass is 32.2. The first-order chi connectivity index (χ1) is 8.10. The fourth-order valence-corrected chi connectivity index (χ4v) is 3.57. The molecule has 0 rings (SSSR count). The molecule has 0 aromatic heterocycles. The minimum Gasteiger partial charge on any atom is -0.465 e. The van der Waals surface area contributed by atoms with E-state index < -0.39 is 5.97 Å². The molecule has 0 amide bonds. The molecule has 0 aliphatic heterocycles. The summed E-state index contributed by atoms with van der Waals surface area (Å²) in [5.74, 6) is 3.96. The van der Waals surface area contributed by atoms with Crippen molar-refractivity contribution < 1.29 is 9.53 Å². The van der Waals surface area contributed by atoms with Crippen molar-refractivity contribution >= 4 is 22.7 Å². The van der Waals surface area contributed by atoms with Gasteiger partial charge in [-0.05, 0) is 25.6 Å². The van der Waals surface area contributed by atoms with Gasteiger partial charge in [0.05, 0.1) is 7.11 Å². The highest BCUT2D eigenvalue weighted by Crippen LogP contribution is 2.13. The first kappa shape index (κ1) is 16.0. The average Bonchev–Trinajstić information content (AvgIpc) is 2.30. The van der Waals surface area contributed by atoms with Gasteiger partial charge in [0.1, 0.15) is 22.5 Å². The Balaban J connectivity index is 4.89. The van der Waals surface area contributed by atoms with Gasteiger partial charge in [0, 0.05) is 16.5 Å². The fourth-order valence-electron chi connectivity index (χ4n) is 1.47. The van der Waals surface area contributed by atoms with E-state index >= 15 is 0 Å². The minimum absolute atomic E-state index is 0.191. The maximum absolute atomic E-state index is 11.4. The molecule has 96 valence electrons.